The zero-order valence-corrected chi connectivity index (χ0v) is 19.1. The zero-order chi connectivity index (χ0) is 21.9. The standard InChI is InChI=1S/C27H22ClN3S/c1-32-23-15-12-21(13-16-23)26-27(31-18-22(28)14-17-24(31)29-26)30-25(19-8-4-2-5-9-19)20-10-6-3-7-11-20/h2-18,25,30H,1H3. The lowest BCUT2D eigenvalue weighted by atomic mass is 9.98. The summed E-state index contributed by atoms with van der Waals surface area (Å²) in [6.45, 7) is 0. The monoisotopic (exact) mass is 455 g/mol. The summed E-state index contributed by atoms with van der Waals surface area (Å²) < 4.78 is 2.04. The van der Waals surface area contributed by atoms with Crippen molar-refractivity contribution >= 4 is 34.8 Å². The average molecular weight is 456 g/mol. The number of rotatable bonds is 6. The molecule has 0 saturated carbocycles. The molecule has 158 valence electrons. The SMILES string of the molecule is CSc1ccc(-c2nc3ccc(Cl)cn3c2NC(c2ccccc2)c2ccccc2)cc1. The molecule has 0 bridgehead atoms. The topological polar surface area (TPSA) is 29.3 Å². The maximum Gasteiger partial charge on any atom is 0.139 e. The fraction of sp³-hybridized carbons (Fsp3) is 0.0741. The molecule has 0 atom stereocenters. The zero-order valence-electron chi connectivity index (χ0n) is 17.6. The van der Waals surface area contributed by atoms with E-state index in [1.54, 1.807) is 11.8 Å². The van der Waals surface area contributed by atoms with Crippen LogP contribution in [0, 0.1) is 0 Å². The van der Waals surface area contributed by atoms with Crippen molar-refractivity contribution in [1.82, 2.24) is 9.38 Å². The third-order valence-electron chi connectivity index (χ3n) is 5.49. The molecule has 2 aromatic heterocycles. The van der Waals surface area contributed by atoms with Gasteiger partial charge in [-0.15, -0.1) is 11.8 Å². The van der Waals surface area contributed by atoms with Gasteiger partial charge in [0.05, 0.1) is 11.1 Å². The molecule has 0 aliphatic rings. The third-order valence-corrected chi connectivity index (χ3v) is 6.46. The van der Waals surface area contributed by atoms with Gasteiger partial charge < -0.3 is 5.32 Å². The van der Waals surface area contributed by atoms with E-state index in [4.69, 9.17) is 16.6 Å². The molecule has 32 heavy (non-hydrogen) atoms. The number of hydrogen-bond donors (Lipinski definition) is 1. The van der Waals surface area contributed by atoms with Crippen molar-refractivity contribution < 1.29 is 0 Å². The molecule has 2 heterocycles. The lowest BCUT2D eigenvalue weighted by Crippen LogP contribution is -2.14. The van der Waals surface area contributed by atoms with Gasteiger partial charge in [0.25, 0.3) is 0 Å². The van der Waals surface area contributed by atoms with E-state index < -0.39 is 0 Å². The number of nitrogens with one attached hydrogen (secondary N) is 1. The van der Waals surface area contributed by atoms with Crippen LogP contribution in [-0.2, 0) is 0 Å². The Bertz CT molecular complexity index is 1290. The second-order valence-electron chi connectivity index (χ2n) is 7.51. The van der Waals surface area contributed by atoms with Crippen molar-refractivity contribution in [3.63, 3.8) is 0 Å². The van der Waals surface area contributed by atoms with Crippen LogP contribution < -0.4 is 5.32 Å². The molecule has 3 aromatic carbocycles. The number of fused-ring (bicyclic) bond motifs is 1. The van der Waals surface area contributed by atoms with Crippen LogP contribution in [0.1, 0.15) is 17.2 Å². The van der Waals surface area contributed by atoms with Crippen LogP contribution in [-0.4, -0.2) is 15.6 Å². The Morgan fingerprint density at radius 2 is 1.44 bits per heavy atom. The minimum Gasteiger partial charge on any atom is -0.358 e. The molecule has 0 amide bonds. The molecule has 0 aliphatic heterocycles. The summed E-state index contributed by atoms with van der Waals surface area (Å²) in [5, 5.41) is 4.46. The molecule has 0 spiro atoms. The van der Waals surface area contributed by atoms with Crippen molar-refractivity contribution in [1.29, 1.82) is 0 Å². The maximum atomic E-state index is 6.38. The Kier molecular flexibility index (Phi) is 5.89. The molecule has 0 saturated heterocycles. The molecule has 0 aliphatic carbocycles. The first kappa shape index (κ1) is 20.7. The molecule has 5 heteroatoms. The lowest BCUT2D eigenvalue weighted by molar-refractivity contribution is 0.921. The predicted octanol–water partition coefficient (Wildman–Crippen LogP) is 7.58. The van der Waals surface area contributed by atoms with E-state index in [0.29, 0.717) is 5.02 Å². The van der Waals surface area contributed by atoms with Crippen molar-refractivity contribution in [2.24, 2.45) is 0 Å². The highest BCUT2D eigenvalue weighted by molar-refractivity contribution is 7.98. The molecule has 5 rings (SSSR count). The largest absolute Gasteiger partial charge is 0.358 e. The Morgan fingerprint density at radius 1 is 0.812 bits per heavy atom. The van der Waals surface area contributed by atoms with Gasteiger partial charge in [0.1, 0.15) is 17.2 Å². The first-order valence-electron chi connectivity index (χ1n) is 10.4. The second-order valence-corrected chi connectivity index (χ2v) is 8.83. The van der Waals surface area contributed by atoms with Crippen LogP contribution >= 0.6 is 23.4 Å². The van der Waals surface area contributed by atoms with Gasteiger partial charge in [-0.2, -0.15) is 0 Å². The van der Waals surface area contributed by atoms with Crippen LogP contribution in [0.15, 0.2) is 108 Å². The highest BCUT2D eigenvalue weighted by Gasteiger charge is 2.20. The number of imidazole rings is 1. The number of benzene rings is 3. The van der Waals surface area contributed by atoms with Gasteiger partial charge in [0.2, 0.25) is 0 Å². The number of aromatic nitrogens is 2. The summed E-state index contributed by atoms with van der Waals surface area (Å²) in [6, 6.07) is 33.2. The van der Waals surface area contributed by atoms with Crippen molar-refractivity contribution in [2.75, 3.05) is 11.6 Å². The number of anilines is 1. The van der Waals surface area contributed by atoms with Gasteiger partial charge >= 0.3 is 0 Å². The second kappa shape index (κ2) is 9.11. The molecule has 5 aromatic rings. The fourth-order valence-electron chi connectivity index (χ4n) is 3.89. The predicted molar refractivity (Wildman–Crippen MR) is 136 cm³/mol. The van der Waals surface area contributed by atoms with Crippen molar-refractivity contribution in [3.05, 3.63) is 119 Å². The highest BCUT2D eigenvalue weighted by Crippen LogP contribution is 2.35. The lowest BCUT2D eigenvalue weighted by Gasteiger charge is -2.22. The number of hydrogen-bond acceptors (Lipinski definition) is 3. The van der Waals surface area contributed by atoms with Crippen LogP contribution in [0.5, 0.6) is 0 Å². The number of pyridine rings is 1. The summed E-state index contributed by atoms with van der Waals surface area (Å²) in [5.74, 6) is 0.914. The molecule has 3 nitrogen and oxygen atoms in total. The van der Waals surface area contributed by atoms with Gasteiger partial charge in [-0.25, -0.2) is 4.98 Å². The van der Waals surface area contributed by atoms with E-state index in [9.17, 15) is 0 Å². The van der Waals surface area contributed by atoms with E-state index in [-0.39, 0.29) is 6.04 Å². The van der Waals surface area contributed by atoms with Gasteiger partial charge in [0, 0.05) is 16.7 Å². The van der Waals surface area contributed by atoms with Gasteiger partial charge in [-0.05, 0) is 41.6 Å². The first-order chi connectivity index (χ1) is 15.7. The highest BCUT2D eigenvalue weighted by atomic mass is 35.5. The fourth-order valence-corrected chi connectivity index (χ4v) is 4.46. The van der Waals surface area contributed by atoms with Gasteiger partial charge in [-0.3, -0.25) is 4.40 Å². The van der Waals surface area contributed by atoms with Crippen molar-refractivity contribution in [3.8, 4) is 11.3 Å². The minimum absolute atomic E-state index is 0.0412. The number of nitrogens with zero attached hydrogens (tertiary/aromatic N) is 2. The molecule has 0 radical (unpaired) electrons. The third kappa shape index (κ3) is 4.12. The van der Waals surface area contributed by atoms with E-state index in [0.717, 1.165) is 22.7 Å². The Labute approximate surface area is 197 Å². The van der Waals surface area contributed by atoms with E-state index in [1.165, 1.54) is 16.0 Å². The molecular formula is C27H22ClN3S. The Balaban J connectivity index is 1.68. The van der Waals surface area contributed by atoms with E-state index >= 15 is 0 Å². The molecular weight excluding hydrogens is 434 g/mol. The quantitative estimate of drug-likeness (QED) is 0.267. The Morgan fingerprint density at radius 3 is 2.03 bits per heavy atom. The molecule has 1 N–H and O–H groups in total. The Hall–Kier alpha value is -3.21. The smallest absolute Gasteiger partial charge is 0.139 e. The molecule has 0 fully saturated rings. The number of halogens is 1. The van der Waals surface area contributed by atoms with Gasteiger partial charge in [0.15, 0.2) is 0 Å². The summed E-state index contributed by atoms with van der Waals surface area (Å²) in [5.41, 5.74) is 5.17. The minimum atomic E-state index is -0.0412. The average Bonchev–Trinajstić information content (AvgIpc) is 3.21. The van der Waals surface area contributed by atoms with E-state index in [1.807, 2.05) is 34.9 Å². The van der Waals surface area contributed by atoms with E-state index in [2.05, 4.69) is 84.4 Å². The van der Waals surface area contributed by atoms with Crippen molar-refractivity contribution in [2.45, 2.75) is 10.9 Å². The summed E-state index contributed by atoms with van der Waals surface area (Å²) in [4.78, 5) is 6.18. The van der Waals surface area contributed by atoms with Crippen LogP contribution in [0.2, 0.25) is 5.02 Å². The van der Waals surface area contributed by atoms with Crippen LogP contribution in [0.4, 0.5) is 5.82 Å². The number of thioether (sulfide) groups is 1. The first-order valence-corrected chi connectivity index (χ1v) is 12.0. The van der Waals surface area contributed by atoms with Crippen LogP contribution in [0.3, 0.4) is 0 Å². The molecule has 0 unspecified atom stereocenters. The van der Waals surface area contributed by atoms with Crippen LogP contribution in [0.25, 0.3) is 16.9 Å². The summed E-state index contributed by atoms with van der Waals surface area (Å²) in [7, 11) is 0. The summed E-state index contributed by atoms with van der Waals surface area (Å²) >= 11 is 8.11. The normalized spacial score (nSPS) is 11.2. The summed E-state index contributed by atoms with van der Waals surface area (Å²) in [6.07, 6.45) is 4.00. The van der Waals surface area contributed by atoms with Gasteiger partial charge in [-0.1, -0.05) is 84.4 Å². The maximum absolute atomic E-state index is 6.38.